The lowest BCUT2D eigenvalue weighted by molar-refractivity contribution is 0.539. The molecule has 0 radical (unpaired) electrons. The molecule has 1 heterocycles. The minimum atomic E-state index is -0.804. The quantitative estimate of drug-likeness (QED) is 0.882. The third kappa shape index (κ3) is 2.94. The Hall–Kier alpha value is -1.45. The van der Waals surface area contributed by atoms with Crippen molar-refractivity contribution in [1.29, 1.82) is 5.26 Å². The summed E-state index contributed by atoms with van der Waals surface area (Å²) < 4.78 is 13.8. The fraction of sp³-hybridized carbons (Fsp3) is 0.385. The van der Waals surface area contributed by atoms with Crippen molar-refractivity contribution in [2.45, 2.75) is 19.4 Å². The zero-order chi connectivity index (χ0) is 14.0. The fourth-order valence-electron chi connectivity index (χ4n) is 2.09. The monoisotopic (exact) mass is 293 g/mol. The number of nitriles is 1. The van der Waals surface area contributed by atoms with Crippen molar-refractivity contribution in [3.8, 4) is 6.07 Å². The molecule has 0 aliphatic rings. The standard InChI is InChI=1S/C13H15N3OS2/c1-9(5-6-19(2)17)16-12-7-10(8-14)3-4-11(12)15-13(16)18/h3-4,7,9H,5-6H2,1-2H3,(H,15,18). The summed E-state index contributed by atoms with van der Waals surface area (Å²) >= 11 is 5.34. The molecule has 4 nitrogen and oxygen atoms in total. The van der Waals surface area contributed by atoms with Gasteiger partial charge in [0.15, 0.2) is 4.77 Å². The molecule has 1 N–H and O–H groups in total. The van der Waals surface area contributed by atoms with Crippen molar-refractivity contribution in [1.82, 2.24) is 9.55 Å². The smallest absolute Gasteiger partial charge is 0.178 e. The number of imidazole rings is 1. The van der Waals surface area contributed by atoms with Crippen molar-refractivity contribution in [3.63, 3.8) is 0 Å². The molecule has 100 valence electrons. The van der Waals surface area contributed by atoms with Crippen LogP contribution in [-0.4, -0.2) is 25.8 Å². The number of aromatic amines is 1. The third-order valence-corrected chi connectivity index (χ3v) is 4.22. The number of fused-ring (bicyclic) bond motifs is 1. The zero-order valence-corrected chi connectivity index (χ0v) is 12.5. The van der Waals surface area contributed by atoms with Crippen LogP contribution in [0.1, 0.15) is 24.9 Å². The Balaban J connectivity index is 2.47. The highest BCUT2D eigenvalue weighted by Crippen LogP contribution is 2.22. The van der Waals surface area contributed by atoms with Crippen LogP contribution in [0.5, 0.6) is 0 Å². The second-order valence-corrected chi connectivity index (χ2v) is 6.50. The molecule has 0 fully saturated rings. The van der Waals surface area contributed by atoms with E-state index < -0.39 is 10.8 Å². The van der Waals surface area contributed by atoms with Crippen molar-refractivity contribution >= 4 is 34.1 Å². The number of rotatable bonds is 4. The highest BCUT2D eigenvalue weighted by atomic mass is 32.2. The number of benzene rings is 1. The van der Waals surface area contributed by atoms with Crippen LogP contribution >= 0.6 is 12.2 Å². The first-order chi connectivity index (χ1) is 9.02. The van der Waals surface area contributed by atoms with E-state index in [1.165, 1.54) is 0 Å². The van der Waals surface area contributed by atoms with E-state index in [2.05, 4.69) is 18.0 Å². The third-order valence-electron chi connectivity index (χ3n) is 3.11. The Morgan fingerprint density at radius 3 is 2.95 bits per heavy atom. The van der Waals surface area contributed by atoms with E-state index in [1.807, 2.05) is 16.7 Å². The topological polar surface area (TPSA) is 61.6 Å². The number of nitrogens with zero attached hydrogens (tertiary/aromatic N) is 2. The normalized spacial score (nSPS) is 14.2. The van der Waals surface area contributed by atoms with Crippen LogP contribution in [0.3, 0.4) is 0 Å². The molecule has 2 rings (SSSR count). The van der Waals surface area contributed by atoms with Crippen molar-refractivity contribution in [2.24, 2.45) is 0 Å². The van der Waals surface area contributed by atoms with Gasteiger partial charge in [-0.25, -0.2) is 0 Å². The van der Waals surface area contributed by atoms with Gasteiger partial charge in [-0.3, -0.25) is 4.21 Å². The van der Waals surface area contributed by atoms with E-state index in [1.54, 1.807) is 12.3 Å². The first kappa shape index (κ1) is 14.0. The summed E-state index contributed by atoms with van der Waals surface area (Å²) in [5, 5.41) is 8.97. The van der Waals surface area contributed by atoms with Crippen molar-refractivity contribution < 1.29 is 4.21 Å². The van der Waals surface area contributed by atoms with Gasteiger partial charge in [-0.05, 0) is 43.8 Å². The molecule has 6 heteroatoms. The Bertz CT molecular complexity index is 724. The molecule has 0 amide bonds. The van der Waals surface area contributed by atoms with Gasteiger partial charge in [-0.15, -0.1) is 0 Å². The lowest BCUT2D eigenvalue weighted by Crippen LogP contribution is -2.09. The number of H-pyrrole nitrogens is 1. The van der Waals surface area contributed by atoms with Crippen LogP contribution in [0.25, 0.3) is 11.0 Å². The van der Waals surface area contributed by atoms with E-state index in [0.29, 0.717) is 16.1 Å². The van der Waals surface area contributed by atoms with Gasteiger partial charge in [0.2, 0.25) is 0 Å². The predicted octanol–water partition coefficient (Wildman–Crippen LogP) is 2.90. The van der Waals surface area contributed by atoms with Crippen molar-refractivity contribution in [2.75, 3.05) is 12.0 Å². The zero-order valence-electron chi connectivity index (χ0n) is 10.8. The molecule has 0 aliphatic heterocycles. The maximum atomic E-state index is 11.2. The van der Waals surface area contributed by atoms with E-state index >= 15 is 0 Å². The Morgan fingerprint density at radius 2 is 2.32 bits per heavy atom. The molecule has 0 aliphatic carbocycles. The van der Waals surface area contributed by atoms with Crippen LogP contribution in [0.4, 0.5) is 0 Å². The fourth-order valence-corrected chi connectivity index (χ4v) is 3.16. The average molecular weight is 293 g/mol. The van der Waals surface area contributed by atoms with Gasteiger partial charge in [-0.2, -0.15) is 5.26 Å². The van der Waals surface area contributed by atoms with E-state index in [-0.39, 0.29) is 6.04 Å². The highest BCUT2D eigenvalue weighted by Gasteiger charge is 2.12. The van der Waals surface area contributed by atoms with E-state index in [9.17, 15) is 4.21 Å². The van der Waals surface area contributed by atoms with Crippen LogP contribution in [0, 0.1) is 16.1 Å². The minimum Gasteiger partial charge on any atom is -0.331 e. The van der Waals surface area contributed by atoms with Gasteiger partial charge < -0.3 is 9.55 Å². The summed E-state index contributed by atoms with van der Waals surface area (Å²) in [6.45, 7) is 2.05. The lowest BCUT2D eigenvalue weighted by Gasteiger charge is -2.13. The summed E-state index contributed by atoms with van der Waals surface area (Å²) in [5.74, 6) is 0.646. The molecular formula is C13H15N3OS2. The summed E-state index contributed by atoms with van der Waals surface area (Å²) in [6.07, 6.45) is 2.50. The lowest BCUT2D eigenvalue weighted by atomic mass is 10.2. The Labute approximate surface area is 119 Å². The summed E-state index contributed by atoms with van der Waals surface area (Å²) in [4.78, 5) is 3.14. The van der Waals surface area contributed by atoms with Gasteiger partial charge in [0.25, 0.3) is 0 Å². The van der Waals surface area contributed by atoms with Crippen molar-refractivity contribution in [3.05, 3.63) is 28.5 Å². The number of nitrogens with one attached hydrogen (secondary N) is 1. The number of hydrogen-bond acceptors (Lipinski definition) is 3. The molecule has 0 spiro atoms. The van der Waals surface area contributed by atoms with Gasteiger partial charge in [0, 0.05) is 28.9 Å². The molecule has 0 saturated heterocycles. The molecule has 1 aromatic carbocycles. The number of hydrogen-bond donors (Lipinski definition) is 1. The van der Waals surface area contributed by atoms with E-state index in [0.717, 1.165) is 17.5 Å². The molecule has 2 aromatic rings. The first-order valence-corrected chi connectivity index (χ1v) is 8.11. The Morgan fingerprint density at radius 1 is 1.58 bits per heavy atom. The van der Waals surface area contributed by atoms with Gasteiger partial charge >= 0.3 is 0 Å². The van der Waals surface area contributed by atoms with Gasteiger partial charge in [0.05, 0.1) is 22.7 Å². The van der Waals surface area contributed by atoms with Crippen LogP contribution < -0.4 is 0 Å². The maximum absolute atomic E-state index is 11.2. The summed E-state index contributed by atoms with van der Waals surface area (Å²) in [6, 6.07) is 7.75. The Kier molecular flexibility index (Phi) is 4.17. The predicted molar refractivity (Wildman–Crippen MR) is 80.1 cm³/mol. The molecule has 2 atom stereocenters. The average Bonchev–Trinajstić information content (AvgIpc) is 2.70. The van der Waals surface area contributed by atoms with Gasteiger partial charge in [0.1, 0.15) is 0 Å². The second kappa shape index (κ2) is 5.68. The second-order valence-electron chi connectivity index (χ2n) is 4.56. The van der Waals surface area contributed by atoms with Crippen LogP contribution in [-0.2, 0) is 10.8 Å². The molecule has 0 bridgehead atoms. The van der Waals surface area contributed by atoms with Gasteiger partial charge in [-0.1, -0.05) is 0 Å². The summed E-state index contributed by atoms with van der Waals surface area (Å²) in [7, 11) is -0.804. The number of aromatic nitrogens is 2. The van der Waals surface area contributed by atoms with Crippen LogP contribution in [0.2, 0.25) is 0 Å². The molecule has 0 saturated carbocycles. The minimum absolute atomic E-state index is 0.152. The molecular weight excluding hydrogens is 278 g/mol. The maximum Gasteiger partial charge on any atom is 0.178 e. The van der Waals surface area contributed by atoms with Crippen LogP contribution in [0.15, 0.2) is 18.2 Å². The molecule has 19 heavy (non-hydrogen) atoms. The molecule has 1 aromatic heterocycles. The largest absolute Gasteiger partial charge is 0.331 e. The summed E-state index contributed by atoms with van der Waals surface area (Å²) in [5.41, 5.74) is 2.47. The first-order valence-electron chi connectivity index (χ1n) is 5.97. The SMILES string of the molecule is CC(CCS(C)=O)n1c(=S)[nH]c2ccc(C#N)cc21. The molecule has 2 unspecified atom stereocenters. The highest BCUT2D eigenvalue weighted by molar-refractivity contribution is 7.84. The van der Waals surface area contributed by atoms with E-state index in [4.69, 9.17) is 17.5 Å².